The van der Waals surface area contributed by atoms with E-state index in [0.29, 0.717) is 25.2 Å². The number of hydrogen-bond donors (Lipinski definition) is 3. The molecule has 1 aromatic heterocycles. The number of H-pyrrole nitrogens is 1. The van der Waals surface area contributed by atoms with Crippen molar-refractivity contribution in [3.8, 4) is 5.88 Å². The van der Waals surface area contributed by atoms with E-state index in [1.54, 1.807) is 0 Å². The number of aromatic nitrogens is 2. The van der Waals surface area contributed by atoms with E-state index in [9.17, 15) is 14.7 Å². The third-order valence-electron chi connectivity index (χ3n) is 4.18. The lowest BCUT2D eigenvalue weighted by atomic mass is 10.1. The maximum Gasteiger partial charge on any atom is 0.331 e. The van der Waals surface area contributed by atoms with Crippen molar-refractivity contribution in [1.82, 2.24) is 19.9 Å². The second-order valence-electron chi connectivity index (χ2n) is 5.81. The van der Waals surface area contributed by atoms with E-state index in [2.05, 4.69) is 34.3 Å². The highest BCUT2D eigenvalue weighted by molar-refractivity contribution is 6.01. The van der Waals surface area contributed by atoms with Gasteiger partial charge in [0.2, 0.25) is 5.88 Å². The summed E-state index contributed by atoms with van der Waals surface area (Å²) in [7, 11) is 0. The van der Waals surface area contributed by atoms with E-state index in [1.807, 2.05) is 13.8 Å². The third-order valence-corrected chi connectivity index (χ3v) is 4.18. The fourth-order valence-corrected chi connectivity index (χ4v) is 2.55. The summed E-state index contributed by atoms with van der Waals surface area (Å²) in [6.45, 7) is 11.8. The Hall–Kier alpha value is -2.09. The standard InChI is InChI=1S/C17H31N5O3/c1-5-9-11-22-16(24)14(15(23)19-17(22)25)13(6-2)20-18-10-12-21(7-3)8-4/h18,24H,5-12H2,1-4H3,(H,19,23,25). The van der Waals surface area contributed by atoms with Crippen LogP contribution in [0.5, 0.6) is 5.88 Å². The van der Waals surface area contributed by atoms with Crippen LogP contribution >= 0.6 is 0 Å². The van der Waals surface area contributed by atoms with Crippen molar-refractivity contribution in [2.75, 3.05) is 26.2 Å². The largest absolute Gasteiger partial charge is 0.494 e. The number of hydrazone groups is 1. The van der Waals surface area contributed by atoms with Crippen LogP contribution in [0.4, 0.5) is 0 Å². The maximum atomic E-state index is 12.2. The Balaban J connectivity index is 3.03. The Kier molecular flexibility index (Phi) is 8.98. The first kappa shape index (κ1) is 21.0. The van der Waals surface area contributed by atoms with Gasteiger partial charge in [-0.25, -0.2) is 4.79 Å². The predicted octanol–water partition coefficient (Wildman–Crippen LogP) is 1.09. The van der Waals surface area contributed by atoms with Crippen molar-refractivity contribution < 1.29 is 5.11 Å². The van der Waals surface area contributed by atoms with Crippen LogP contribution in [0.3, 0.4) is 0 Å². The number of hydrogen-bond acceptors (Lipinski definition) is 6. The summed E-state index contributed by atoms with van der Waals surface area (Å²) in [6.07, 6.45) is 2.07. The number of unbranched alkanes of at least 4 members (excludes halogenated alkanes) is 1. The summed E-state index contributed by atoms with van der Waals surface area (Å²) in [5, 5.41) is 14.7. The number of rotatable bonds is 11. The minimum Gasteiger partial charge on any atom is -0.494 e. The van der Waals surface area contributed by atoms with Crippen LogP contribution in [0.25, 0.3) is 0 Å². The van der Waals surface area contributed by atoms with Crippen molar-refractivity contribution in [1.29, 1.82) is 0 Å². The van der Waals surface area contributed by atoms with Gasteiger partial charge in [-0.05, 0) is 25.9 Å². The van der Waals surface area contributed by atoms with Gasteiger partial charge in [-0.2, -0.15) is 5.10 Å². The van der Waals surface area contributed by atoms with E-state index < -0.39 is 11.2 Å². The summed E-state index contributed by atoms with van der Waals surface area (Å²) < 4.78 is 1.20. The van der Waals surface area contributed by atoms with Crippen LogP contribution in [0.2, 0.25) is 0 Å². The molecule has 0 atom stereocenters. The Labute approximate surface area is 148 Å². The minimum atomic E-state index is -0.610. The lowest BCUT2D eigenvalue weighted by molar-refractivity contribution is 0.303. The molecule has 3 N–H and O–H groups in total. The van der Waals surface area contributed by atoms with Gasteiger partial charge in [-0.1, -0.05) is 34.1 Å². The lowest BCUT2D eigenvalue weighted by Gasteiger charge is -2.17. The molecule has 1 aromatic rings. The van der Waals surface area contributed by atoms with Gasteiger partial charge >= 0.3 is 5.69 Å². The normalized spacial score (nSPS) is 12.0. The molecule has 0 aliphatic rings. The molecule has 0 spiro atoms. The summed E-state index contributed by atoms with van der Waals surface area (Å²) >= 11 is 0. The quantitative estimate of drug-likeness (QED) is 0.314. The minimum absolute atomic E-state index is 0.0635. The Morgan fingerprint density at radius 1 is 1.24 bits per heavy atom. The number of likely N-dealkylation sites (N-methyl/N-ethyl adjacent to an activating group) is 1. The molecule has 0 bridgehead atoms. The zero-order valence-corrected chi connectivity index (χ0v) is 15.8. The number of aromatic amines is 1. The highest BCUT2D eigenvalue weighted by Gasteiger charge is 2.18. The molecule has 0 aliphatic heterocycles. The number of aromatic hydroxyl groups is 1. The van der Waals surface area contributed by atoms with Crippen LogP contribution in [-0.4, -0.2) is 51.4 Å². The van der Waals surface area contributed by atoms with Gasteiger partial charge in [-0.3, -0.25) is 14.3 Å². The van der Waals surface area contributed by atoms with Crippen molar-refractivity contribution in [3.05, 3.63) is 26.4 Å². The molecule has 142 valence electrons. The van der Waals surface area contributed by atoms with Crippen LogP contribution < -0.4 is 16.7 Å². The van der Waals surface area contributed by atoms with E-state index in [1.165, 1.54) is 4.57 Å². The fraction of sp³-hybridized carbons (Fsp3) is 0.706. The first-order valence-corrected chi connectivity index (χ1v) is 9.08. The van der Waals surface area contributed by atoms with Gasteiger partial charge < -0.3 is 15.4 Å². The molecule has 8 nitrogen and oxygen atoms in total. The number of nitrogens with one attached hydrogen (secondary N) is 2. The Bertz CT molecular complexity index is 674. The van der Waals surface area contributed by atoms with Crippen LogP contribution in [0, 0.1) is 0 Å². The summed E-state index contributed by atoms with van der Waals surface area (Å²) in [4.78, 5) is 28.6. The highest BCUT2D eigenvalue weighted by atomic mass is 16.3. The second-order valence-corrected chi connectivity index (χ2v) is 5.81. The van der Waals surface area contributed by atoms with E-state index in [0.717, 1.165) is 32.5 Å². The zero-order chi connectivity index (χ0) is 18.8. The van der Waals surface area contributed by atoms with Gasteiger partial charge in [0, 0.05) is 19.6 Å². The number of nitrogens with zero attached hydrogens (tertiary/aromatic N) is 3. The van der Waals surface area contributed by atoms with Gasteiger partial charge in [0.05, 0.1) is 5.71 Å². The fourth-order valence-electron chi connectivity index (χ4n) is 2.55. The SMILES string of the molecule is CCCCn1c(O)c(C(CC)=NNCCN(CC)CC)c(=O)[nH]c1=O. The average Bonchev–Trinajstić information content (AvgIpc) is 2.59. The monoisotopic (exact) mass is 353 g/mol. The summed E-state index contributed by atoms with van der Waals surface area (Å²) in [5.41, 5.74) is 2.26. The Morgan fingerprint density at radius 2 is 1.92 bits per heavy atom. The van der Waals surface area contributed by atoms with E-state index in [4.69, 9.17) is 0 Å². The first-order chi connectivity index (χ1) is 12.0. The van der Waals surface area contributed by atoms with Gasteiger partial charge in [0.15, 0.2) is 0 Å². The molecule has 0 saturated carbocycles. The zero-order valence-electron chi connectivity index (χ0n) is 15.8. The van der Waals surface area contributed by atoms with Crippen LogP contribution in [0.15, 0.2) is 14.7 Å². The molecule has 0 fully saturated rings. The van der Waals surface area contributed by atoms with Crippen molar-refractivity contribution in [2.24, 2.45) is 5.10 Å². The van der Waals surface area contributed by atoms with Gasteiger partial charge in [0.1, 0.15) is 5.56 Å². The Morgan fingerprint density at radius 3 is 2.48 bits per heavy atom. The lowest BCUT2D eigenvalue weighted by Crippen LogP contribution is -2.35. The van der Waals surface area contributed by atoms with Gasteiger partial charge in [-0.15, -0.1) is 0 Å². The first-order valence-electron chi connectivity index (χ1n) is 9.08. The summed E-state index contributed by atoms with van der Waals surface area (Å²) in [6, 6.07) is 0. The second kappa shape index (κ2) is 10.7. The predicted molar refractivity (Wildman–Crippen MR) is 101 cm³/mol. The molecular weight excluding hydrogens is 322 g/mol. The molecule has 25 heavy (non-hydrogen) atoms. The van der Waals surface area contributed by atoms with Gasteiger partial charge in [0.25, 0.3) is 5.56 Å². The molecule has 0 radical (unpaired) electrons. The smallest absolute Gasteiger partial charge is 0.331 e. The molecule has 0 aromatic carbocycles. The van der Waals surface area contributed by atoms with Crippen molar-refractivity contribution >= 4 is 5.71 Å². The molecule has 8 heteroatoms. The van der Waals surface area contributed by atoms with Crippen LogP contribution in [0.1, 0.15) is 52.5 Å². The molecule has 1 heterocycles. The average molecular weight is 353 g/mol. The molecule has 0 saturated heterocycles. The molecule has 1 rings (SSSR count). The molecule has 0 aliphatic carbocycles. The molecular formula is C17H31N5O3. The molecule has 0 amide bonds. The van der Waals surface area contributed by atoms with E-state index in [-0.39, 0.29) is 11.4 Å². The molecule has 0 unspecified atom stereocenters. The van der Waals surface area contributed by atoms with Crippen LogP contribution in [-0.2, 0) is 6.54 Å². The highest BCUT2D eigenvalue weighted by Crippen LogP contribution is 2.13. The topological polar surface area (TPSA) is 103 Å². The maximum absolute atomic E-state index is 12.2. The van der Waals surface area contributed by atoms with Crippen molar-refractivity contribution in [2.45, 2.75) is 53.5 Å². The summed E-state index contributed by atoms with van der Waals surface area (Å²) in [5.74, 6) is -0.312. The van der Waals surface area contributed by atoms with Crippen molar-refractivity contribution in [3.63, 3.8) is 0 Å². The van der Waals surface area contributed by atoms with E-state index >= 15 is 0 Å². The third kappa shape index (κ3) is 5.74.